The molecule has 0 bridgehead atoms. The van der Waals surface area contributed by atoms with Gasteiger partial charge in [-0.1, -0.05) is 17.7 Å². The van der Waals surface area contributed by atoms with Crippen molar-refractivity contribution < 1.29 is 9.90 Å². The summed E-state index contributed by atoms with van der Waals surface area (Å²) >= 11 is 6.03. The number of aromatic carboxylic acids is 1. The third kappa shape index (κ3) is 1.26. The van der Waals surface area contributed by atoms with Crippen LogP contribution < -0.4 is 0 Å². The fraction of sp³-hybridized carbons (Fsp3) is 0.100. The van der Waals surface area contributed by atoms with Crippen molar-refractivity contribution >= 4 is 28.5 Å². The van der Waals surface area contributed by atoms with Crippen LogP contribution in [0.25, 0.3) is 10.9 Å². The fourth-order valence-corrected chi connectivity index (χ4v) is 1.61. The lowest BCUT2D eigenvalue weighted by atomic mass is 10.2. The van der Waals surface area contributed by atoms with Crippen LogP contribution >= 0.6 is 11.6 Å². The van der Waals surface area contributed by atoms with Gasteiger partial charge in [0.1, 0.15) is 5.69 Å². The van der Waals surface area contributed by atoms with Crippen molar-refractivity contribution in [3.63, 3.8) is 0 Å². The quantitative estimate of drug-likeness (QED) is 0.759. The molecule has 2 rings (SSSR count). The van der Waals surface area contributed by atoms with Gasteiger partial charge in [-0.05, 0) is 24.6 Å². The van der Waals surface area contributed by atoms with Crippen molar-refractivity contribution in [1.29, 1.82) is 0 Å². The molecule has 0 saturated carbocycles. The second-order valence-corrected chi connectivity index (χ2v) is 3.52. The number of rotatable bonds is 1. The van der Waals surface area contributed by atoms with E-state index in [0.717, 1.165) is 16.5 Å². The minimum atomic E-state index is -0.977. The van der Waals surface area contributed by atoms with Crippen molar-refractivity contribution in [3.05, 3.63) is 34.5 Å². The van der Waals surface area contributed by atoms with Gasteiger partial charge in [-0.15, -0.1) is 0 Å². The number of nitrogens with one attached hydrogen (secondary N) is 1. The summed E-state index contributed by atoms with van der Waals surface area (Å²) in [6, 6.07) is 5.22. The van der Waals surface area contributed by atoms with Gasteiger partial charge in [-0.3, -0.25) is 0 Å². The van der Waals surface area contributed by atoms with E-state index in [4.69, 9.17) is 16.7 Å². The molecule has 0 spiro atoms. The molecule has 1 aromatic heterocycles. The minimum Gasteiger partial charge on any atom is -0.477 e. The molecule has 0 atom stereocenters. The van der Waals surface area contributed by atoms with Crippen LogP contribution in [0, 0.1) is 6.92 Å². The number of halogens is 1. The Morgan fingerprint density at radius 1 is 1.50 bits per heavy atom. The average molecular weight is 210 g/mol. The number of carbonyl (C=O) groups is 1. The first kappa shape index (κ1) is 9.09. The Kier molecular flexibility index (Phi) is 1.97. The monoisotopic (exact) mass is 209 g/mol. The maximum absolute atomic E-state index is 10.7. The third-order valence-corrected chi connectivity index (χ3v) is 2.66. The third-order valence-electron chi connectivity index (χ3n) is 2.16. The summed E-state index contributed by atoms with van der Waals surface area (Å²) in [5.74, 6) is -0.977. The molecular weight excluding hydrogens is 202 g/mol. The number of aromatic nitrogens is 1. The highest BCUT2D eigenvalue weighted by Gasteiger charge is 2.10. The van der Waals surface area contributed by atoms with Crippen molar-refractivity contribution in [2.75, 3.05) is 0 Å². The van der Waals surface area contributed by atoms with Gasteiger partial charge in [0.2, 0.25) is 0 Å². The van der Waals surface area contributed by atoms with Crippen molar-refractivity contribution in [2.45, 2.75) is 6.92 Å². The standard InChI is InChI=1S/C10H8ClNO2/c1-5-2-3-7-6(9(5)11)4-8(12-7)10(13)14/h2-4,12H,1H3,(H,13,14). The molecule has 2 aromatic rings. The predicted molar refractivity (Wildman–Crippen MR) is 55.0 cm³/mol. The zero-order valence-corrected chi connectivity index (χ0v) is 8.22. The number of aryl methyl sites for hydroxylation is 1. The molecule has 0 fully saturated rings. The van der Waals surface area contributed by atoms with E-state index >= 15 is 0 Å². The Morgan fingerprint density at radius 2 is 2.21 bits per heavy atom. The second kappa shape index (κ2) is 3.03. The summed E-state index contributed by atoms with van der Waals surface area (Å²) in [7, 11) is 0. The first-order valence-electron chi connectivity index (χ1n) is 4.10. The lowest BCUT2D eigenvalue weighted by Gasteiger charge is -1.97. The zero-order chi connectivity index (χ0) is 10.3. The number of hydrogen-bond acceptors (Lipinski definition) is 1. The highest BCUT2D eigenvalue weighted by Crippen LogP contribution is 2.27. The Hall–Kier alpha value is -1.48. The van der Waals surface area contributed by atoms with Gasteiger partial charge < -0.3 is 10.1 Å². The highest BCUT2D eigenvalue weighted by atomic mass is 35.5. The first-order valence-corrected chi connectivity index (χ1v) is 4.48. The van der Waals surface area contributed by atoms with E-state index < -0.39 is 5.97 Å². The van der Waals surface area contributed by atoms with Gasteiger partial charge in [-0.2, -0.15) is 0 Å². The number of aromatic amines is 1. The summed E-state index contributed by atoms with van der Waals surface area (Å²) in [4.78, 5) is 13.5. The fourth-order valence-electron chi connectivity index (χ4n) is 1.39. The van der Waals surface area contributed by atoms with E-state index in [9.17, 15) is 4.79 Å². The molecular formula is C10H8ClNO2. The van der Waals surface area contributed by atoms with Crippen molar-refractivity contribution in [1.82, 2.24) is 4.98 Å². The SMILES string of the molecule is Cc1ccc2[nH]c(C(=O)O)cc2c1Cl. The number of H-pyrrole nitrogens is 1. The molecule has 0 saturated heterocycles. The van der Waals surface area contributed by atoms with Crippen LogP contribution in [0.3, 0.4) is 0 Å². The second-order valence-electron chi connectivity index (χ2n) is 3.15. The van der Waals surface area contributed by atoms with E-state index in [-0.39, 0.29) is 5.69 Å². The van der Waals surface area contributed by atoms with Crippen LogP contribution in [-0.4, -0.2) is 16.1 Å². The first-order chi connectivity index (χ1) is 6.59. The van der Waals surface area contributed by atoms with E-state index in [2.05, 4.69) is 4.98 Å². The van der Waals surface area contributed by atoms with Crippen LogP contribution in [0.15, 0.2) is 18.2 Å². The topological polar surface area (TPSA) is 53.1 Å². The Morgan fingerprint density at radius 3 is 2.86 bits per heavy atom. The number of benzene rings is 1. The molecule has 0 amide bonds. The van der Waals surface area contributed by atoms with Gasteiger partial charge in [0.25, 0.3) is 0 Å². The molecule has 1 heterocycles. The summed E-state index contributed by atoms with van der Waals surface area (Å²) in [5, 5.41) is 10.1. The van der Waals surface area contributed by atoms with Crippen LogP contribution in [0.1, 0.15) is 16.1 Å². The summed E-state index contributed by atoms with van der Waals surface area (Å²) in [6.45, 7) is 1.88. The molecule has 14 heavy (non-hydrogen) atoms. The Balaban J connectivity index is 2.77. The van der Waals surface area contributed by atoms with Crippen molar-refractivity contribution in [2.24, 2.45) is 0 Å². The van der Waals surface area contributed by atoms with Crippen LogP contribution in [0.2, 0.25) is 5.02 Å². The average Bonchev–Trinajstić information content (AvgIpc) is 2.56. The van der Waals surface area contributed by atoms with Gasteiger partial charge in [0, 0.05) is 10.9 Å². The summed E-state index contributed by atoms with van der Waals surface area (Å²) in [6.07, 6.45) is 0. The molecule has 0 aliphatic rings. The molecule has 4 heteroatoms. The molecule has 0 radical (unpaired) electrons. The Labute approximate surface area is 85.3 Å². The molecule has 0 aliphatic carbocycles. The number of fused-ring (bicyclic) bond motifs is 1. The lowest BCUT2D eigenvalue weighted by molar-refractivity contribution is 0.0691. The Bertz CT molecular complexity index is 516. The van der Waals surface area contributed by atoms with Gasteiger partial charge in [0.15, 0.2) is 0 Å². The normalized spacial score (nSPS) is 10.7. The predicted octanol–water partition coefficient (Wildman–Crippen LogP) is 2.83. The zero-order valence-electron chi connectivity index (χ0n) is 7.47. The molecule has 0 unspecified atom stereocenters. The van der Waals surface area contributed by atoms with E-state index in [0.29, 0.717) is 5.02 Å². The summed E-state index contributed by atoms with van der Waals surface area (Å²) < 4.78 is 0. The van der Waals surface area contributed by atoms with Crippen molar-refractivity contribution in [3.8, 4) is 0 Å². The van der Waals surface area contributed by atoms with E-state index in [1.807, 2.05) is 19.1 Å². The number of hydrogen-bond donors (Lipinski definition) is 2. The minimum absolute atomic E-state index is 0.160. The number of carboxylic acids is 1. The summed E-state index contributed by atoms with van der Waals surface area (Å²) in [5.41, 5.74) is 1.85. The lowest BCUT2D eigenvalue weighted by Crippen LogP contribution is -1.94. The smallest absolute Gasteiger partial charge is 0.352 e. The van der Waals surface area contributed by atoms with Gasteiger partial charge >= 0.3 is 5.97 Å². The van der Waals surface area contributed by atoms with Crippen LogP contribution in [-0.2, 0) is 0 Å². The molecule has 72 valence electrons. The molecule has 1 aromatic carbocycles. The van der Waals surface area contributed by atoms with Crippen LogP contribution in [0.5, 0.6) is 0 Å². The number of carboxylic acid groups (broad SMARTS) is 1. The van der Waals surface area contributed by atoms with Crippen LogP contribution in [0.4, 0.5) is 0 Å². The van der Waals surface area contributed by atoms with E-state index in [1.165, 1.54) is 0 Å². The van der Waals surface area contributed by atoms with Gasteiger partial charge in [-0.25, -0.2) is 4.79 Å². The van der Waals surface area contributed by atoms with Gasteiger partial charge in [0.05, 0.1) is 5.02 Å². The largest absolute Gasteiger partial charge is 0.477 e. The molecule has 2 N–H and O–H groups in total. The molecule has 3 nitrogen and oxygen atoms in total. The van der Waals surface area contributed by atoms with E-state index in [1.54, 1.807) is 6.07 Å². The highest BCUT2D eigenvalue weighted by molar-refractivity contribution is 6.36. The molecule has 0 aliphatic heterocycles. The maximum Gasteiger partial charge on any atom is 0.352 e. The maximum atomic E-state index is 10.7.